The summed E-state index contributed by atoms with van der Waals surface area (Å²) in [5.74, 6) is -2.26. The van der Waals surface area contributed by atoms with Crippen molar-refractivity contribution in [1.82, 2.24) is 4.31 Å². The summed E-state index contributed by atoms with van der Waals surface area (Å²) < 4.78 is 40.6. The number of carbonyl (C=O) groups is 2. The van der Waals surface area contributed by atoms with Gasteiger partial charge in [-0.3, -0.25) is 9.59 Å². The van der Waals surface area contributed by atoms with Crippen molar-refractivity contribution in [2.45, 2.75) is 37.8 Å². The van der Waals surface area contributed by atoms with Crippen LogP contribution in [-0.2, 0) is 29.1 Å². The minimum atomic E-state index is -4.12. The minimum absolute atomic E-state index is 0.0751. The SMILES string of the molecule is CCOC(=O)[C@H]1C=C(c2ccc(Br)cc2)N(S(=O)(=O)c2ccc(C)cc2)[C@@H]2OC(=O)CC[C@H]12. The lowest BCUT2D eigenvalue weighted by Crippen LogP contribution is -2.54. The first-order chi connectivity index (χ1) is 15.7. The Morgan fingerprint density at radius 3 is 2.45 bits per heavy atom. The molecule has 2 aliphatic heterocycles. The third-order valence-corrected chi connectivity index (χ3v) is 8.16. The van der Waals surface area contributed by atoms with Crippen LogP contribution in [0.25, 0.3) is 5.70 Å². The Morgan fingerprint density at radius 2 is 1.82 bits per heavy atom. The molecule has 1 saturated heterocycles. The Kier molecular flexibility index (Phi) is 6.63. The molecular formula is C24H24BrNO6S. The fourth-order valence-corrected chi connectivity index (χ4v) is 6.08. The molecule has 1 fully saturated rings. The highest BCUT2D eigenvalue weighted by atomic mass is 79.9. The van der Waals surface area contributed by atoms with Gasteiger partial charge in [0.2, 0.25) is 0 Å². The Morgan fingerprint density at radius 1 is 1.15 bits per heavy atom. The van der Waals surface area contributed by atoms with E-state index in [0.717, 1.165) is 14.3 Å². The summed E-state index contributed by atoms with van der Waals surface area (Å²) in [6, 6.07) is 13.6. The summed E-state index contributed by atoms with van der Waals surface area (Å²) in [7, 11) is -4.12. The van der Waals surface area contributed by atoms with Gasteiger partial charge in [-0.2, -0.15) is 0 Å². The number of sulfonamides is 1. The van der Waals surface area contributed by atoms with Crippen molar-refractivity contribution < 1.29 is 27.5 Å². The van der Waals surface area contributed by atoms with Gasteiger partial charge in [-0.1, -0.05) is 45.8 Å². The van der Waals surface area contributed by atoms with Gasteiger partial charge in [0.25, 0.3) is 10.0 Å². The minimum Gasteiger partial charge on any atom is -0.466 e. The molecule has 9 heteroatoms. The van der Waals surface area contributed by atoms with Crippen LogP contribution >= 0.6 is 15.9 Å². The molecule has 2 aliphatic rings. The number of fused-ring (bicyclic) bond motifs is 1. The van der Waals surface area contributed by atoms with Crippen LogP contribution in [0.4, 0.5) is 0 Å². The normalized spacial score (nSPS) is 22.8. The van der Waals surface area contributed by atoms with E-state index < -0.39 is 40.0 Å². The molecule has 0 aromatic heterocycles. The topological polar surface area (TPSA) is 90.0 Å². The van der Waals surface area contributed by atoms with E-state index in [1.54, 1.807) is 49.4 Å². The highest BCUT2D eigenvalue weighted by molar-refractivity contribution is 9.10. The number of carbonyl (C=O) groups excluding carboxylic acids is 2. The van der Waals surface area contributed by atoms with E-state index >= 15 is 0 Å². The van der Waals surface area contributed by atoms with E-state index in [9.17, 15) is 18.0 Å². The fourth-order valence-electron chi connectivity index (χ4n) is 4.21. The molecule has 2 heterocycles. The Bertz CT molecular complexity index is 1190. The lowest BCUT2D eigenvalue weighted by molar-refractivity contribution is -0.173. The summed E-state index contributed by atoms with van der Waals surface area (Å²) in [5.41, 5.74) is 1.76. The smallest absolute Gasteiger partial charge is 0.313 e. The van der Waals surface area contributed by atoms with Crippen molar-refractivity contribution >= 4 is 43.6 Å². The second-order valence-corrected chi connectivity index (χ2v) is 10.8. The predicted octanol–water partition coefficient (Wildman–Crippen LogP) is 4.26. The maximum Gasteiger partial charge on any atom is 0.313 e. The first-order valence-electron chi connectivity index (χ1n) is 10.7. The monoisotopic (exact) mass is 533 g/mol. The average Bonchev–Trinajstić information content (AvgIpc) is 2.78. The zero-order valence-electron chi connectivity index (χ0n) is 18.2. The molecule has 0 N–H and O–H groups in total. The number of ether oxygens (including phenoxy) is 2. The van der Waals surface area contributed by atoms with Gasteiger partial charge in [0.15, 0.2) is 6.23 Å². The van der Waals surface area contributed by atoms with E-state index in [1.807, 2.05) is 6.92 Å². The van der Waals surface area contributed by atoms with Gasteiger partial charge in [-0.05, 0) is 56.2 Å². The second-order valence-electron chi connectivity index (χ2n) is 8.03. The molecule has 0 spiro atoms. The zero-order chi connectivity index (χ0) is 23.8. The number of aryl methyl sites for hydroxylation is 1. The van der Waals surface area contributed by atoms with Crippen molar-refractivity contribution in [2.24, 2.45) is 11.8 Å². The molecule has 0 unspecified atom stereocenters. The lowest BCUT2D eigenvalue weighted by atomic mass is 9.81. The van der Waals surface area contributed by atoms with Crippen molar-refractivity contribution in [1.29, 1.82) is 0 Å². The molecule has 2 aromatic rings. The van der Waals surface area contributed by atoms with Crippen molar-refractivity contribution in [2.75, 3.05) is 6.61 Å². The summed E-state index contributed by atoms with van der Waals surface area (Å²) in [6.07, 6.45) is 0.900. The van der Waals surface area contributed by atoms with Gasteiger partial charge in [0.05, 0.1) is 23.1 Å². The van der Waals surface area contributed by atoms with Crippen molar-refractivity contribution in [3.05, 3.63) is 70.2 Å². The number of nitrogens with zero attached hydrogens (tertiary/aromatic N) is 1. The molecule has 2 aromatic carbocycles. The van der Waals surface area contributed by atoms with E-state index in [0.29, 0.717) is 12.0 Å². The Hall–Kier alpha value is -2.65. The van der Waals surface area contributed by atoms with Gasteiger partial charge in [0, 0.05) is 16.8 Å². The molecule has 0 aliphatic carbocycles. The number of esters is 2. The number of hydrogen-bond acceptors (Lipinski definition) is 6. The zero-order valence-corrected chi connectivity index (χ0v) is 20.6. The quantitative estimate of drug-likeness (QED) is 0.533. The van der Waals surface area contributed by atoms with Crippen molar-refractivity contribution in [3.8, 4) is 0 Å². The second kappa shape index (κ2) is 9.30. The van der Waals surface area contributed by atoms with Crippen LogP contribution < -0.4 is 0 Å². The van der Waals surface area contributed by atoms with Crippen LogP contribution in [0.2, 0.25) is 0 Å². The molecule has 7 nitrogen and oxygen atoms in total. The molecule has 0 bridgehead atoms. The van der Waals surface area contributed by atoms with Gasteiger partial charge in [-0.25, -0.2) is 12.7 Å². The maximum absolute atomic E-state index is 13.9. The molecule has 33 heavy (non-hydrogen) atoms. The molecule has 174 valence electrons. The first-order valence-corrected chi connectivity index (χ1v) is 12.9. The van der Waals surface area contributed by atoms with Gasteiger partial charge < -0.3 is 9.47 Å². The number of hydrogen-bond donors (Lipinski definition) is 0. The Balaban J connectivity index is 1.92. The van der Waals surface area contributed by atoms with Crippen LogP contribution in [0.15, 0.2) is 64.0 Å². The van der Waals surface area contributed by atoms with Crippen LogP contribution in [0, 0.1) is 18.8 Å². The standard InChI is InChI=1S/C24H24BrNO6S/c1-3-31-24(28)20-14-21(16-6-8-17(25)9-7-16)26(23-19(20)12-13-22(27)32-23)33(29,30)18-10-4-15(2)5-11-18/h4-11,14,19-20,23H,3,12-13H2,1-2H3/t19-,20+,23-/m1/s1. The van der Waals surface area contributed by atoms with Crippen LogP contribution in [0.1, 0.15) is 30.9 Å². The first kappa shape index (κ1) is 23.5. The number of benzene rings is 2. The van der Waals surface area contributed by atoms with E-state index in [2.05, 4.69) is 15.9 Å². The third-order valence-electron chi connectivity index (χ3n) is 5.84. The van der Waals surface area contributed by atoms with Gasteiger partial charge >= 0.3 is 11.9 Å². The molecule has 0 saturated carbocycles. The van der Waals surface area contributed by atoms with E-state index in [1.165, 1.54) is 12.1 Å². The molecule has 0 radical (unpaired) electrons. The fraction of sp³-hybridized carbons (Fsp3) is 0.333. The summed E-state index contributed by atoms with van der Waals surface area (Å²) in [5, 5.41) is 0. The molecular weight excluding hydrogens is 510 g/mol. The molecule has 0 amide bonds. The maximum atomic E-state index is 13.9. The Labute approximate surface area is 201 Å². The summed E-state index contributed by atoms with van der Waals surface area (Å²) in [6.45, 7) is 3.78. The van der Waals surface area contributed by atoms with Crippen LogP contribution in [0.3, 0.4) is 0 Å². The van der Waals surface area contributed by atoms with Crippen LogP contribution in [-0.4, -0.2) is 37.5 Å². The van der Waals surface area contributed by atoms with Gasteiger partial charge in [0.1, 0.15) is 0 Å². The van der Waals surface area contributed by atoms with Gasteiger partial charge in [-0.15, -0.1) is 0 Å². The third kappa shape index (κ3) is 4.56. The molecule has 3 atom stereocenters. The van der Waals surface area contributed by atoms with E-state index in [4.69, 9.17) is 9.47 Å². The van der Waals surface area contributed by atoms with Crippen molar-refractivity contribution in [3.63, 3.8) is 0 Å². The highest BCUT2D eigenvalue weighted by Gasteiger charge is 2.50. The largest absolute Gasteiger partial charge is 0.466 e. The highest BCUT2D eigenvalue weighted by Crippen LogP contribution is 2.44. The molecule has 4 rings (SSSR count). The predicted molar refractivity (Wildman–Crippen MR) is 125 cm³/mol. The van der Waals surface area contributed by atoms with E-state index in [-0.39, 0.29) is 23.6 Å². The number of rotatable bonds is 5. The summed E-state index contributed by atoms with van der Waals surface area (Å²) >= 11 is 3.39. The summed E-state index contributed by atoms with van der Waals surface area (Å²) in [4.78, 5) is 25.2. The average molecular weight is 534 g/mol. The lowest BCUT2D eigenvalue weighted by Gasteiger charge is -2.45. The number of halogens is 1. The van der Waals surface area contributed by atoms with Crippen LogP contribution in [0.5, 0.6) is 0 Å².